The van der Waals surface area contributed by atoms with Crippen molar-refractivity contribution < 1.29 is 44.1 Å². The Morgan fingerprint density at radius 3 is 1.59 bits per heavy atom. The topological polar surface area (TPSA) is 251 Å². The third kappa shape index (κ3) is 12.1. The lowest BCUT2D eigenvalue weighted by Gasteiger charge is -2.25. The average Bonchev–Trinajstić information content (AvgIpc) is 2.71. The van der Waals surface area contributed by atoms with Gasteiger partial charge in [0.2, 0.25) is 23.6 Å². The number of aliphatic hydroxyl groups is 1. The lowest BCUT2D eigenvalue weighted by molar-refractivity contribution is -0.143. The molecule has 0 fully saturated rings. The highest BCUT2D eigenvalue weighted by Gasteiger charge is 2.31. The molecule has 0 aromatic heterocycles. The molecule has 0 spiro atoms. The second-order valence-corrected chi connectivity index (χ2v) is 8.36. The minimum Gasteiger partial charge on any atom is -0.481 e. The van der Waals surface area contributed by atoms with Gasteiger partial charge in [0, 0.05) is 12.8 Å². The molecule has 5 unspecified atom stereocenters. The van der Waals surface area contributed by atoms with Crippen LogP contribution in [0.2, 0.25) is 0 Å². The highest BCUT2D eigenvalue weighted by molar-refractivity contribution is 5.94. The zero-order chi connectivity index (χ0) is 26.6. The molecule has 0 aliphatic carbocycles. The van der Waals surface area contributed by atoms with Gasteiger partial charge in [-0.3, -0.25) is 24.0 Å². The first-order valence-corrected chi connectivity index (χ1v) is 10.7. The molecule has 14 heteroatoms. The number of rotatable bonds is 16. The van der Waals surface area contributed by atoms with Gasteiger partial charge in [-0.15, -0.1) is 0 Å². The molecule has 14 nitrogen and oxygen atoms in total. The zero-order valence-corrected chi connectivity index (χ0v) is 19.4. The number of carbonyl (C=O) groups is 6. The molecule has 0 rings (SSSR count). The predicted molar refractivity (Wildman–Crippen MR) is 118 cm³/mol. The normalized spacial score (nSPS) is 15.4. The summed E-state index contributed by atoms with van der Waals surface area (Å²) in [4.78, 5) is 71.3. The van der Waals surface area contributed by atoms with E-state index in [0.29, 0.717) is 0 Å². The second kappa shape index (κ2) is 14.8. The summed E-state index contributed by atoms with van der Waals surface area (Å²) < 4.78 is 0. The van der Waals surface area contributed by atoms with Crippen molar-refractivity contribution in [1.82, 2.24) is 16.0 Å². The van der Waals surface area contributed by atoms with Gasteiger partial charge in [0.25, 0.3) is 0 Å². The number of primary amides is 1. The van der Waals surface area contributed by atoms with Gasteiger partial charge < -0.3 is 42.7 Å². The Morgan fingerprint density at radius 1 is 0.765 bits per heavy atom. The van der Waals surface area contributed by atoms with E-state index in [0.717, 1.165) is 0 Å². The van der Waals surface area contributed by atoms with Crippen LogP contribution < -0.4 is 27.4 Å². The van der Waals surface area contributed by atoms with Crippen LogP contribution in [0.25, 0.3) is 0 Å². The maximum atomic E-state index is 12.8. The second-order valence-electron chi connectivity index (χ2n) is 8.36. The Kier molecular flexibility index (Phi) is 13.4. The smallest absolute Gasteiger partial charge is 0.326 e. The summed E-state index contributed by atoms with van der Waals surface area (Å²) in [7, 11) is 0. The third-order valence-electron chi connectivity index (χ3n) is 4.74. The highest BCUT2D eigenvalue weighted by atomic mass is 16.4. The molecular formula is C20H35N5O9. The van der Waals surface area contributed by atoms with E-state index in [1.807, 2.05) is 0 Å². The van der Waals surface area contributed by atoms with Crippen molar-refractivity contribution in [1.29, 1.82) is 0 Å². The van der Waals surface area contributed by atoms with Gasteiger partial charge >= 0.3 is 11.9 Å². The summed E-state index contributed by atoms with van der Waals surface area (Å²) in [6.07, 6.45) is -2.63. The van der Waals surface area contributed by atoms with E-state index in [2.05, 4.69) is 16.0 Å². The number of hydrogen-bond donors (Lipinski definition) is 8. The third-order valence-corrected chi connectivity index (χ3v) is 4.74. The van der Waals surface area contributed by atoms with Crippen LogP contribution in [0.1, 0.15) is 52.9 Å². The average molecular weight is 490 g/mol. The Balaban J connectivity index is 5.64. The molecule has 34 heavy (non-hydrogen) atoms. The van der Waals surface area contributed by atoms with Crippen LogP contribution in [0.5, 0.6) is 0 Å². The first-order valence-electron chi connectivity index (χ1n) is 10.7. The first-order chi connectivity index (χ1) is 15.6. The number of hydrogen-bond acceptors (Lipinski definition) is 8. The van der Waals surface area contributed by atoms with Crippen molar-refractivity contribution >= 4 is 35.6 Å². The quantitative estimate of drug-likeness (QED) is 0.112. The van der Waals surface area contributed by atoms with Gasteiger partial charge in [0.1, 0.15) is 24.2 Å². The molecule has 0 aromatic carbocycles. The van der Waals surface area contributed by atoms with Crippen LogP contribution in [-0.4, -0.2) is 81.2 Å². The lowest BCUT2D eigenvalue weighted by Crippen LogP contribution is -2.58. The molecule has 4 amide bonds. The van der Waals surface area contributed by atoms with Gasteiger partial charge in [-0.05, 0) is 32.1 Å². The van der Waals surface area contributed by atoms with Crippen LogP contribution in [0, 0.1) is 5.92 Å². The first kappa shape index (κ1) is 30.7. The van der Waals surface area contributed by atoms with E-state index in [1.54, 1.807) is 13.8 Å². The minimum absolute atomic E-state index is 0.0834. The van der Waals surface area contributed by atoms with Crippen LogP contribution in [0.4, 0.5) is 0 Å². The van der Waals surface area contributed by atoms with Crippen molar-refractivity contribution in [3.05, 3.63) is 0 Å². The number of carbonyl (C=O) groups excluding carboxylic acids is 4. The lowest BCUT2D eigenvalue weighted by atomic mass is 10.0. The summed E-state index contributed by atoms with van der Waals surface area (Å²) in [6, 6.07) is -5.50. The number of aliphatic hydroxyl groups excluding tert-OH is 1. The van der Waals surface area contributed by atoms with Crippen molar-refractivity contribution in [2.75, 3.05) is 0 Å². The SMILES string of the molecule is CC(C)CC(NC(=O)C(CCC(=O)O)NC(=O)C(CCC(N)=O)NC(=O)C(N)C(C)O)C(=O)O. The number of amides is 4. The molecule has 0 aliphatic heterocycles. The molecule has 10 N–H and O–H groups in total. The summed E-state index contributed by atoms with van der Waals surface area (Å²) in [5.74, 6) is -6.20. The number of carboxylic acid groups (broad SMARTS) is 2. The molecule has 5 atom stereocenters. The standard InChI is InChI=1S/C20H35N5O9/c1-9(2)8-13(20(33)34)25-18(31)12(5-7-15(28)29)23-17(30)11(4-6-14(21)27)24-19(32)16(22)10(3)26/h9-13,16,26H,4-8,22H2,1-3H3,(H2,21,27)(H,23,30)(H,24,32)(H,25,31)(H,28,29)(H,33,34). The molecule has 0 saturated carbocycles. The molecule has 0 aromatic rings. The molecule has 0 heterocycles. The van der Waals surface area contributed by atoms with E-state index in [1.165, 1.54) is 6.92 Å². The zero-order valence-electron chi connectivity index (χ0n) is 19.4. The van der Waals surface area contributed by atoms with E-state index in [-0.39, 0.29) is 31.6 Å². The largest absolute Gasteiger partial charge is 0.481 e. The maximum Gasteiger partial charge on any atom is 0.326 e. The van der Waals surface area contributed by atoms with Crippen molar-refractivity contribution in [2.24, 2.45) is 17.4 Å². The van der Waals surface area contributed by atoms with Gasteiger partial charge in [-0.25, -0.2) is 4.79 Å². The number of nitrogens with two attached hydrogens (primary N) is 2. The van der Waals surface area contributed by atoms with E-state index < -0.39 is 72.3 Å². The van der Waals surface area contributed by atoms with Crippen molar-refractivity contribution in [3.8, 4) is 0 Å². The van der Waals surface area contributed by atoms with Crippen molar-refractivity contribution in [3.63, 3.8) is 0 Å². The Hall–Kier alpha value is -3.26. The van der Waals surface area contributed by atoms with Gasteiger partial charge in [0.05, 0.1) is 6.10 Å². The van der Waals surface area contributed by atoms with Gasteiger partial charge in [0.15, 0.2) is 0 Å². The van der Waals surface area contributed by atoms with E-state index >= 15 is 0 Å². The number of nitrogens with one attached hydrogen (secondary N) is 3. The summed E-state index contributed by atoms with van der Waals surface area (Å²) >= 11 is 0. The maximum absolute atomic E-state index is 12.8. The fraction of sp³-hybridized carbons (Fsp3) is 0.700. The summed E-state index contributed by atoms with van der Waals surface area (Å²) in [6.45, 7) is 4.75. The minimum atomic E-state index is -1.45. The van der Waals surface area contributed by atoms with E-state index in [9.17, 15) is 39.0 Å². The molecule has 194 valence electrons. The fourth-order valence-electron chi connectivity index (χ4n) is 2.82. The van der Waals surface area contributed by atoms with E-state index in [4.69, 9.17) is 16.6 Å². The molecule has 0 saturated heterocycles. The Morgan fingerprint density at radius 2 is 1.21 bits per heavy atom. The fourth-order valence-corrected chi connectivity index (χ4v) is 2.82. The monoisotopic (exact) mass is 489 g/mol. The Labute approximate surface area is 196 Å². The molecule has 0 bridgehead atoms. The number of carboxylic acids is 2. The molecule has 0 aliphatic rings. The molecular weight excluding hydrogens is 454 g/mol. The summed E-state index contributed by atoms with van der Waals surface area (Å²) in [5.41, 5.74) is 10.6. The number of aliphatic carboxylic acids is 2. The van der Waals surface area contributed by atoms with Gasteiger partial charge in [-0.2, -0.15) is 0 Å². The highest BCUT2D eigenvalue weighted by Crippen LogP contribution is 2.08. The van der Waals surface area contributed by atoms with Crippen LogP contribution >= 0.6 is 0 Å². The van der Waals surface area contributed by atoms with Crippen molar-refractivity contribution in [2.45, 2.75) is 83.1 Å². The predicted octanol–water partition coefficient (Wildman–Crippen LogP) is -2.59. The molecule has 0 radical (unpaired) electrons. The van der Waals surface area contributed by atoms with Crippen LogP contribution in [-0.2, 0) is 28.8 Å². The Bertz CT molecular complexity index is 757. The van der Waals surface area contributed by atoms with Crippen LogP contribution in [0.3, 0.4) is 0 Å². The van der Waals surface area contributed by atoms with Crippen LogP contribution in [0.15, 0.2) is 0 Å². The van der Waals surface area contributed by atoms with Gasteiger partial charge in [-0.1, -0.05) is 13.8 Å². The summed E-state index contributed by atoms with van der Waals surface area (Å²) in [5, 5.41) is 34.6.